The van der Waals surface area contributed by atoms with Crippen LogP contribution >= 0.6 is 11.6 Å². The van der Waals surface area contributed by atoms with Gasteiger partial charge in [-0.2, -0.15) is 0 Å². The Bertz CT molecular complexity index is 1280. The molecule has 170 valence electrons. The summed E-state index contributed by atoms with van der Waals surface area (Å²) >= 11 is 6.66. The summed E-state index contributed by atoms with van der Waals surface area (Å²) in [6.07, 6.45) is 2.92. The van der Waals surface area contributed by atoms with Crippen LogP contribution in [0.2, 0.25) is 5.02 Å². The van der Waals surface area contributed by atoms with Crippen molar-refractivity contribution in [3.05, 3.63) is 54.0 Å². The highest BCUT2D eigenvalue weighted by atomic mass is 35.5. The Labute approximate surface area is 194 Å². The lowest BCUT2D eigenvalue weighted by Gasteiger charge is -2.45. The number of carbonyl (C=O) groups is 1. The van der Waals surface area contributed by atoms with Gasteiger partial charge in [-0.15, -0.1) is 0 Å². The quantitative estimate of drug-likeness (QED) is 0.584. The maximum Gasteiger partial charge on any atom is 0.246 e. The molecule has 2 aromatic carbocycles. The minimum absolute atomic E-state index is 0.0496. The van der Waals surface area contributed by atoms with Gasteiger partial charge in [-0.25, -0.2) is 9.37 Å². The number of benzene rings is 2. The zero-order chi connectivity index (χ0) is 23.3. The number of fused-ring (bicyclic) bond motifs is 5. The molecule has 0 unspecified atom stereocenters. The second-order valence-corrected chi connectivity index (χ2v) is 8.32. The number of methoxy groups -OCH3 is 1. The van der Waals surface area contributed by atoms with Crippen LogP contribution in [-0.2, 0) is 4.79 Å². The first-order valence-corrected chi connectivity index (χ1v) is 10.8. The smallest absolute Gasteiger partial charge is 0.246 e. The van der Waals surface area contributed by atoms with E-state index in [0.717, 1.165) is 5.69 Å². The Morgan fingerprint density at radius 3 is 2.94 bits per heavy atom. The fraction of sp³-hybridized carbons (Fsp3) is 0.250. The minimum atomic E-state index is -0.626. The molecule has 1 saturated heterocycles. The molecular formula is C24H21ClFN3O4. The molecule has 0 spiro atoms. The van der Waals surface area contributed by atoms with Crippen LogP contribution in [0, 0.1) is 5.82 Å². The molecule has 2 aliphatic heterocycles. The maximum absolute atomic E-state index is 14.7. The van der Waals surface area contributed by atoms with E-state index in [4.69, 9.17) is 21.1 Å². The Morgan fingerprint density at radius 1 is 1.39 bits per heavy atom. The topological polar surface area (TPSA) is 75.1 Å². The molecule has 0 saturated carbocycles. The van der Waals surface area contributed by atoms with Crippen LogP contribution in [0.3, 0.4) is 0 Å². The van der Waals surface area contributed by atoms with Crippen LogP contribution in [0.15, 0.2) is 43.1 Å². The molecule has 1 N–H and O–H groups in total. The van der Waals surface area contributed by atoms with Gasteiger partial charge in [0.05, 0.1) is 41.2 Å². The third-order valence-electron chi connectivity index (χ3n) is 6.14. The Hall–Kier alpha value is -3.52. The van der Waals surface area contributed by atoms with Crippen molar-refractivity contribution in [2.45, 2.75) is 6.04 Å². The number of anilines is 1. The van der Waals surface area contributed by atoms with E-state index in [1.807, 2.05) is 0 Å². The average Bonchev–Trinajstić information content (AvgIpc) is 2.82. The standard InChI is InChI=1S/C24H21ClFN3O4/c1-3-19(31)28-7-8-29-13(11-28)12-33-18-10-27-22-14(23(18)29)9-15(25)20(24(22)32-2)21-16(26)5-4-6-17(21)30/h3-6,9-10,13,30H,1,7-8,11-12H2,2H3/t13-/m1/s1. The van der Waals surface area contributed by atoms with E-state index in [2.05, 4.69) is 16.5 Å². The fourth-order valence-corrected chi connectivity index (χ4v) is 4.93. The number of hydrogen-bond acceptors (Lipinski definition) is 6. The first kappa shape index (κ1) is 21.3. The van der Waals surface area contributed by atoms with Crippen LogP contribution in [0.1, 0.15) is 0 Å². The van der Waals surface area contributed by atoms with Gasteiger partial charge in [0.15, 0.2) is 11.5 Å². The number of carbonyl (C=O) groups excluding carboxylic acids is 1. The van der Waals surface area contributed by atoms with Crippen molar-refractivity contribution in [2.75, 3.05) is 38.3 Å². The molecular weight excluding hydrogens is 449 g/mol. The van der Waals surface area contributed by atoms with Gasteiger partial charge in [-0.05, 0) is 24.3 Å². The highest BCUT2D eigenvalue weighted by Crippen LogP contribution is 2.49. The van der Waals surface area contributed by atoms with E-state index in [9.17, 15) is 14.3 Å². The van der Waals surface area contributed by atoms with E-state index in [1.165, 1.54) is 31.4 Å². The number of phenols is 1. The Morgan fingerprint density at radius 2 is 2.21 bits per heavy atom. The molecule has 7 nitrogen and oxygen atoms in total. The van der Waals surface area contributed by atoms with E-state index < -0.39 is 5.82 Å². The van der Waals surface area contributed by atoms with E-state index in [1.54, 1.807) is 17.2 Å². The second-order valence-electron chi connectivity index (χ2n) is 7.91. The number of hydrogen-bond donors (Lipinski definition) is 1. The molecule has 0 bridgehead atoms. The van der Waals surface area contributed by atoms with E-state index >= 15 is 0 Å². The van der Waals surface area contributed by atoms with Crippen LogP contribution in [0.5, 0.6) is 17.2 Å². The van der Waals surface area contributed by atoms with Gasteiger partial charge in [-0.1, -0.05) is 24.2 Å². The predicted octanol–water partition coefficient (Wildman–Crippen LogP) is 4.00. The van der Waals surface area contributed by atoms with E-state index in [-0.39, 0.29) is 39.6 Å². The summed E-state index contributed by atoms with van der Waals surface area (Å²) in [5, 5.41) is 11.2. The number of ether oxygens (including phenoxy) is 2. The highest BCUT2D eigenvalue weighted by Gasteiger charge is 2.36. The van der Waals surface area contributed by atoms with Gasteiger partial charge < -0.3 is 24.4 Å². The number of halogens is 2. The largest absolute Gasteiger partial charge is 0.507 e. The normalized spacial score (nSPS) is 17.2. The molecule has 5 rings (SSSR count). The third-order valence-corrected chi connectivity index (χ3v) is 6.44. The van der Waals surface area contributed by atoms with Crippen molar-refractivity contribution in [3.8, 4) is 28.4 Å². The molecule has 0 radical (unpaired) electrons. The summed E-state index contributed by atoms with van der Waals surface area (Å²) in [6.45, 7) is 5.61. The number of amides is 1. The maximum atomic E-state index is 14.7. The molecule has 2 aliphatic rings. The van der Waals surface area contributed by atoms with E-state index in [0.29, 0.717) is 42.9 Å². The summed E-state index contributed by atoms with van der Waals surface area (Å²) in [7, 11) is 1.45. The SMILES string of the molecule is C=CC(=O)N1CCN2c3c(cnc4c(OC)c(-c5c(O)cccc5F)c(Cl)cc34)OC[C@H]2C1. The molecule has 1 fully saturated rings. The van der Waals surface area contributed by atoms with Crippen LogP contribution in [0.25, 0.3) is 22.0 Å². The molecule has 9 heteroatoms. The van der Waals surface area contributed by atoms with Crippen molar-refractivity contribution in [1.82, 2.24) is 9.88 Å². The summed E-state index contributed by atoms with van der Waals surface area (Å²) in [5.74, 6) is -0.137. The zero-order valence-electron chi connectivity index (χ0n) is 17.8. The van der Waals surface area contributed by atoms with Crippen LogP contribution in [0.4, 0.5) is 10.1 Å². The lowest BCUT2D eigenvalue weighted by atomic mass is 9.98. The van der Waals surface area contributed by atoms with Gasteiger partial charge in [0, 0.05) is 25.0 Å². The van der Waals surface area contributed by atoms with Gasteiger partial charge in [-0.3, -0.25) is 4.79 Å². The molecule has 1 amide bonds. The van der Waals surface area contributed by atoms with Crippen molar-refractivity contribution in [3.63, 3.8) is 0 Å². The summed E-state index contributed by atoms with van der Waals surface area (Å²) in [5.41, 5.74) is 1.44. The number of aromatic nitrogens is 1. The van der Waals surface area contributed by atoms with Crippen molar-refractivity contribution in [1.29, 1.82) is 0 Å². The monoisotopic (exact) mass is 469 g/mol. The lowest BCUT2D eigenvalue weighted by Crippen LogP contribution is -2.58. The highest BCUT2D eigenvalue weighted by molar-refractivity contribution is 6.35. The third kappa shape index (κ3) is 3.33. The number of piperazine rings is 1. The minimum Gasteiger partial charge on any atom is -0.507 e. The summed E-state index contributed by atoms with van der Waals surface area (Å²) < 4.78 is 26.3. The average molecular weight is 470 g/mol. The lowest BCUT2D eigenvalue weighted by molar-refractivity contribution is -0.127. The fourth-order valence-electron chi connectivity index (χ4n) is 4.64. The van der Waals surface area contributed by atoms with Gasteiger partial charge in [0.25, 0.3) is 0 Å². The Kier molecular flexibility index (Phi) is 5.25. The first-order valence-electron chi connectivity index (χ1n) is 10.4. The number of phenolic OH excluding ortho intramolecular Hbond substituents is 1. The predicted molar refractivity (Wildman–Crippen MR) is 124 cm³/mol. The Balaban J connectivity index is 1.69. The molecule has 3 aromatic rings. The van der Waals surface area contributed by atoms with Gasteiger partial charge >= 0.3 is 0 Å². The molecule has 1 atom stereocenters. The summed E-state index contributed by atoms with van der Waals surface area (Å²) in [6, 6.07) is 5.69. The number of nitrogens with zero attached hydrogens (tertiary/aromatic N) is 3. The first-order chi connectivity index (χ1) is 15.9. The number of pyridine rings is 1. The number of rotatable bonds is 3. The molecule has 0 aliphatic carbocycles. The molecule has 3 heterocycles. The van der Waals surface area contributed by atoms with Crippen molar-refractivity contribution < 1.29 is 23.8 Å². The number of aromatic hydroxyl groups is 1. The zero-order valence-corrected chi connectivity index (χ0v) is 18.6. The van der Waals surface area contributed by atoms with Gasteiger partial charge in [0.1, 0.15) is 23.7 Å². The summed E-state index contributed by atoms with van der Waals surface area (Å²) in [4.78, 5) is 20.6. The van der Waals surface area contributed by atoms with Crippen molar-refractivity contribution >= 4 is 34.1 Å². The van der Waals surface area contributed by atoms with Crippen LogP contribution < -0.4 is 14.4 Å². The van der Waals surface area contributed by atoms with Gasteiger partial charge in [0.2, 0.25) is 5.91 Å². The second kappa shape index (κ2) is 8.12. The van der Waals surface area contributed by atoms with Crippen molar-refractivity contribution in [2.24, 2.45) is 0 Å². The molecule has 33 heavy (non-hydrogen) atoms. The molecule has 1 aromatic heterocycles. The van der Waals surface area contributed by atoms with Crippen LogP contribution in [-0.4, -0.2) is 60.3 Å².